The normalized spacial score (nSPS) is 9.52. The number of halogens is 1. The smallest absolute Gasteiger partial charge is 0.242 e. The molecule has 0 bridgehead atoms. The van der Waals surface area contributed by atoms with Crippen LogP contribution in [0.3, 0.4) is 0 Å². The van der Waals surface area contributed by atoms with Gasteiger partial charge in [-0.15, -0.1) is 12.4 Å². The van der Waals surface area contributed by atoms with Gasteiger partial charge in [-0.25, -0.2) is 0 Å². The van der Waals surface area contributed by atoms with Crippen LogP contribution in [0, 0.1) is 6.92 Å². The van der Waals surface area contributed by atoms with Gasteiger partial charge in [0.05, 0.1) is 20.2 Å². The summed E-state index contributed by atoms with van der Waals surface area (Å²) < 4.78 is 5.19. The zero-order valence-electron chi connectivity index (χ0n) is 12.5. The first kappa shape index (κ1) is 19.2. The van der Waals surface area contributed by atoms with Gasteiger partial charge in [-0.2, -0.15) is 0 Å². The van der Waals surface area contributed by atoms with Gasteiger partial charge >= 0.3 is 0 Å². The molecule has 1 aromatic rings. The number of amides is 2. The minimum absolute atomic E-state index is 0. The number of ether oxygens (including phenoxy) is 1. The number of likely N-dealkylation sites (N-methyl/N-ethyl adjacent to an activating group) is 1. The first-order chi connectivity index (χ1) is 9.47. The number of carbonyl (C=O) groups is 2. The van der Waals surface area contributed by atoms with Crippen molar-refractivity contribution in [2.75, 3.05) is 27.2 Å². The molecule has 0 aliphatic rings. The zero-order valence-corrected chi connectivity index (χ0v) is 13.3. The number of hydrogen-bond donors (Lipinski definition) is 2. The average molecular weight is 316 g/mol. The van der Waals surface area contributed by atoms with Crippen LogP contribution in [0.15, 0.2) is 18.2 Å². The molecule has 0 saturated heterocycles. The molecule has 1 aromatic carbocycles. The predicted molar refractivity (Wildman–Crippen MR) is 83.5 cm³/mol. The van der Waals surface area contributed by atoms with Crippen LogP contribution in [0.5, 0.6) is 5.75 Å². The summed E-state index contributed by atoms with van der Waals surface area (Å²) in [7, 11) is 3.31. The Bertz CT molecular complexity index is 494. The number of hydrogen-bond acceptors (Lipinski definition) is 4. The SMILES string of the molecule is COc1ccc(CN(C)C(=O)CNC(=O)CN)cc1C.Cl. The van der Waals surface area contributed by atoms with E-state index in [1.54, 1.807) is 19.1 Å². The topological polar surface area (TPSA) is 84.7 Å². The van der Waals surface area contributed by atoms with Crippen molar-refractivity contribution >= 4 is 24.2 Å². The van der Waals surface area contributed by atoms with E-state index in [2.05, 4.69) is 5.32 Å². The number of benzene rings is 1. The van der Waals surface area contributed by atoms with Gasteiger partial charge in [-0.05, 0) is 24.1 Å². The molecule has 0 heterocycles. The minimum atomic E-state index is -0.341. The highest BCUT2D eigenvalue weighted by Crippen LogP contribution is 2.19. The van der Waals surface area contributed by atoms with Crippen LogP contribution in [0.2, 0.25) is 0 Å². The molecular weight excluding hydrogens is 294 g/mol. The molecule has 0 aromatic heterocycles. The average Bonchev–Trinajstić information content (AvgIpc) is 2.44. The maximum atomic E-state index is 11.8. The molecular formula is C14H22ClN3O3. The van der Waals surface area contributed by atoms with Crippen LogP contribution in [-0.4, -0.2) is 44.0 Å². The molecule has 0 aliphatic carbocycles. The Kier molecular flexibility index (Phi) is 8.42. The van der Waals surface area contributed by atoms with Crippen molar-refractivity contribution in [3.05, 3.63) is 29.3 Å². The Morgan fingerprint density at radius 3 is 2.57 bits per heavy atom. The van der Waals surface area contributed by atoms with Crippen LogP contribution >= 0.6 is 12.4 Å². The van der Waals surface area contributed by atoms with Crippen molar-refractivity contribution < 1.29 is 14.3 Å². The lowest BCUT2D eigenvalue weighted by Gasteiger charge is -2.18. The quantitative estimate of drug-likeness (QED) is 0.798. The van der Waals surface area contributed by atoms with Gasteiger partial charge in [0.25, 0.3) is 0 Å². The van der Waals surface area contributed by atoms with Crippen molar-refractivity contribution in [3.63, 3.8) is 0 Å². The van der Waals surface area contributed by atoms with Crippen molar-refractivity contribution in [1.82, 2.24) is 10.2 Å². The van der Waals surface area contributed by atoms with Crippen molar-refractivity contribution in [1.29, 1.82) is 0 Å². The van der Waals surface area contributed by atoms with E-state index in [0.29, 0.717) is 6.54 Å². The maximum Gasteiger partial charge on any atom is 0.242 e. The molecule has 0 spiro atoms. The number of nitrogens with zero attached hydrogens (tertiary/aromatic N) is 1. The fraction of sp³-hybridized carbons (Fsp3) is 0.429. The summed E-state index contributed by atoms with van der Waals surface area (Å²) in [6.07, 6.45) is 0. The number of aryl methyl sites for hydroxylation is 1. The monoisotopic (exact) mass is 315 g/mol. The van der Waals surface area contributed by atoms with E-state index in [4.69, 9.17) is 10.5 Å². The Morgan fingerprint density at radius 2 is 2.05 bits per heavy atom. The van der Waals surface area contributed by atoms with Crippen molar-refractivity contribution in [2.24, 2.45) is 5.73 Å². The van der Waals surface area contributed by atoms with Gasteiger partial charge in [-0.3, -0.25) is 9.59 Å². The highest BCUT2D eigenvalue weighted by molar-refractivity contribution is 5.85. The molecule has 0 aliphatic heterocycles. The van der Waals surface area contributed by atoms with Crippen molar-refractivity contribution in [3.8, 4) is 5.75 Å². The Balaban J connectivity index is 0.00000400. The van der Waals surface area contributed by atoms with Gasteiger partial charge in [0.2, 0.25) is 11.8 Å². The lowest BCUT2D eigenvalue weighted by atomic mass is 10.1. The number of nitrogens with two attached hydrogens (primary N) is 1. The highest BCUT2D eigenvalue weighted by atomic mass is 35.5. The fourth-order valence-electron chi connectivity index (χ4n) is 1.78. The number of carbonyl (C=O) groups excluding carboxylic acids is 2. The van der Waals surface area contributed by atoms with Crippen LogP contribution in [0.25, 0.3) is 0 Å². The van der Waals surface area contributed by atoms with E-state index in [-0.39, 0.29) is 37.3 Å². The number of nitrogens with one attached hydrogen (secondary N) is 1. The maximum absolute atomic E-state index is 11.8. The molecule has 0 saturated carbocycles. The summed E-state index contributed by atoms with van der Waals surface area (Å²) in [6, 6.07) is 5.76. The second-order valence-electron chi connectivity index (χ2n) is 4.53. The van der Waals surface area contributed by atoms with E-state index in [9.17, 15) is 9.59 Å². The fourth-order valence-corrected chi connectivity index (χ4v) is 1.78. The van der Waals surface area contributed by atoms with Crippen LogP contribution < -0.4 is 15.8 Å². The third-order valence-electron chi connectivity index (χ3n) is 2.93. The van der Waals surface area contributed by atoms with E-state index in [0.717, 1.165) is 16.9 Å². The summed E-state index contributed by atoms with van der Waals surface area (Å²) in [5.41, 5.74) is 7.17. The third-order valence-corrected chi connectivity index (χ3v) is 2.93. The standard InChI is InChI=1S/C14H21N3O3.ClH/c1-10-6-11(4-5-12(10)20-3)9-17(2)14(19)8-16-13(18)7-15;/h4-6H,7-9,15H2,1-3H3,(H,16,18);1H. The van der Waals surface area contributed by atoms with Gasteiger partial charge in [0.1, 0.15) is 5.75 Å². The molecule has 118 valence electrons. The van der Waals surface area contributed by atoms with Gasteiger partial charge in [0.15, 0.2) is 0 Å². The molecule has 6 nitrogen and oxygen atoms in total. The molecule has 0 unspecified atom stereocenters. The van der Waals surface area contributed by atoms with Gasteiger partial charge < -0.3 is 20.7 Å². The molecule has 0 fully saturated rings. The summed E-state index contributed by atoms with van der Waals surface area (Å²) in [6.45, 7) is 2.27. The van der Waals surface area contributed by atoms with Gasteiger partial charge in [-0.1, -0.05) is 12.1 Å². The summed E-state index contributed by atoms with van der Waals surface area (Å²) in [5.74, 6) is 0.310. The summed E-state index contributed by atoms with van der Waals surface area (Å²) in [5, 5.41) is 2.45. The Hall–Kier alpha value is -1.79. The van der Waals surface area contributed by atoms with Gasteiger partial charge in [0, 0.05) is 13.6 Å². The largest absolute Gasteiger partial charge is 0.496 e. The van der Waals surface area contributed by atoms with Crippen LogP contribution in [-0.2, 0) is 16.1 Å². The molecule has 0 radical (unpaired) electrons. The molecule has 1 rings (SSSR count). The molecule has 21 heavy (non-hydrogen) atoms. The molecule has 0 atom stereocenters. The van der Waals surface area contributed by atoms with E-state index in [1.807, 2.05) is 25.1 Å². The van der Waals surface area contributed by atoms with E-state index < -0.39 is 0 Å². The number of rotatable bonds is 6. The Morgan fingerprint density at radius 1 is 1.38 bits per heavy atom. The lowest BCUT2D eigenvalue weighted by molar-refractivity contribution is -0.131. The molecule has 7 heteroatoms. The van der Waals surface area contributed by atoms with Crippen LogP contribution in [0.1, 0.15) is 11.1 Å². The first-order valence-electron chi connectivity index (χ1n) is 6.32. The zero-order chi connectivity index (χ0) is 15.1. The first-order valence-corrected chi connectivity index (χ1v) is 6.32. The lowest BCUT2D eigenvalue weighted by Crippen LogP contribution is -2.40. The third kappa shape index (κ3) is 6.01. The van der Waals surface area contributed by atoms with Crippen LogP contribution in [0.4, 0.5) is 0 Å². The second kappa shape index (κ2) is 9.20. The minimum Gasteiger partial charge on any atom is -0.496 e. The van der Waals surface area contributed by atoms with Crippen molar-refractivity contribution in [2.45, 2.75) is 13.5 Å². The second-order valence-corrected chi connectivity index (χ2v) is 4.53. The van der Waals surface area contributed by atoms with E-state index in [1.165, 1.54) is 0 Å². The number of methoxy groups -OCH3 is 1. The molecule has 3 N–H and O–H groups in total. The summed E-state index contributed by atoms with van der Waals surface area (Å²) >= 11 is 0. The highest BCUT2D eigenvalue weighted by Gasteiger charge is 2.11. The summed E-state index contributed by atoms with van der Waals surface area (Å²) in [4.78, 5) is 24.4. The molecule has 2 amide bonds. The predicted octanol–water partition coefficient (Wildman–Crippen LogP) is 0.459. The van der Waals surface area contributed by atoms with E-state index >= 15 is 0 Å². The Labute approximate surface area is 131 Å².